The monoisotopic (exact) mass is 489 g/mol. The second-order valence-corrected chi connectivity index (χ2v) is 7.52. The number of hydrogen-bond acceptors (Lipinski definition) is 9. The van der Waals surface area contributed by atoms with Crippen LogP contribution in [-0.2, 0) is 20.9 Å². The molecule has 1 amide bonds. The van der Waals surface area contributed by atoms with Crippen molar-refractivity contribution in [2.24, 2.45) is 0 Å². The van der Waals surface area contributed by atoms with Gasteiger partial charge in [-0.05, 0) is 29.8 Å². The smallest absolute Gasteiger partial charge is 0.308 e. The number of amides is 1. The number of carbonyl (C=O) groups is 2. The number of methoxy groups -OCH3 is 3. The maximum Gasteiger partial charge on any atom is 0.308 e. The first kappa shape index (κ1) is 24.8. The van der Waals surface area contributed by atoms with E-state index < -0.39 is 12.0 Å². The van der Waals surface area contributed by atoms with Crippen LogP contribution in [0, 0.1) is 0 Å². The van der Waals surface area contributed by atoms with Crippen molar-refractivity contribution in [3.63, 3.8) is 0 Å². The first-order chi connectivity index (χ1) is 16.3. The lowest BCUT2D eigenvalue weighted by Gasteiger charge is -2.17. The lowest BCUT2D eigenvalue weighted by molar-refractivity contribution is -0.146. The molecule has 34 heavy (non-hydrogen) atoms. The Balaban J connectivity index is 1.67. The van der Waals surface area contributed by atoms with Gasteiger partial charge < -0.3 is 28.7 Å². The van der Waals surface area contributed by atoms with Crippen molar-refractivity contribution in [3.05, 3.63) is 52.9 Å². The second-order valence-electron chi connectivity index (χ2n) is 7.08. The Hall–Kier alpha value is -3.79. The van der Waals surface area contributed by atoms with Gasteiger partial charge in [-0.25, -0.2) is 0 Å². The Labute approximate surface area is 201 Å². The van der Waals surface area contributed by atoms with Crippen molar-refractivity contribution < 1.29 is 33.0 Å². The zero-order valence-electron chi connectivity index (χ0n) is 19.1. The molecule has 0 saturated heterocycles. The van der Waals surface area contributed by atoms with Gasteiger partial charge in [0.1, 0.15) is 0 Å². The van der Waals surface area contributed by atoms with Crippen LogP contribution in [0.3, 0.4) is 0 Å². The summed E-state index contributed by atoms with van der Waals surface area (Å²) >= 11 is 5.92. The van der Waals surface area contributed by atoms with Crippen molar-refractivity contribution in [2.45, 2.75) is 26.0 Å². The summed E-state index contributed by atoms with van der Waals surface area (Å²) in [7, 11) is 4.50. The molecule has 10 nitrogen and oxygen atoms in total. The number of hydrogen-bond donors (Lipinski definition) is 1. The van der Waals surface area contributed by atoms with E-state index in [0.29, 0.717) is 27.8 Å². The Morgan fingerprint density at radius 1 is 1.03 bits per heavy atom. The third kappa shape index (κ3) is 6.16. The van der Waals surface area contributed by atoms with Gasteiger partial charge in [0.25, 0.3) is 5.89 Å². The summed E-state index contributed by atoms with van der Waals surface area (Å²) in [5, 5.41) is 11.2. The number of esters is 1. The molecule has 0 spiro atoms. The second kappa shape index (κ2) is 11.4. The van der Waals surface area contributed by atoms with Crippen LogP contribution in [0.2, 0.25) is 5.02 Å². The number of nitrogens with one attached hydrogen (secondary N) is 1. The van der Waals surface area contributed by atoms with Crippen LogP contribution in [0.4, 0.5) is 0 Å². The molecule has 3 aromatic rings. The Bertz CT molecular complexity index is 1120. The van der Waals surface area contributed by atoms with Gasteiger partial charge in [0.05, 0.1) is 33.8 Å². The van der Waals surface area contributed by atoms with E-state index in [9.17, 15) is 9.59 Å². The lowest BCUT2D eigenvalue weighted by Crippen LogP contribution is -2.28. The average molecular weight is 490 g/mol. The van der Waals surface area contributed by atoms with Crippen LogP contribution < -0.4 is 19.5 Å². The largest absolute Gasteiger partial charge is 0.493 e. The maximum absolute atomic E-state index is 12.4. The van der Waals surface area contributed by atoms with Crippen molar-refractivity contribution >= 4 is 23.5 Å². The number of carbonyl (C=O) groups excluding carboxylic acids is 2. The van der Waals surface area contributed by atoms with Gasteiger partial charge in [-0.3, -0.25) is 9.59 Å². The SMILES string of the molecule is COc1cc(-c2nnc(COC(=O)CC(NC(C)=O)c3ccc(Cl)cc3)o2)cc(OC)c1OC. The molecule has 1 unspecified atom stereocenters. The van der Waals surface area contributed by atoms with Crippen molar-refractivity contribution in [1.82, 2.24) is 15.5 Å². The molecule has 1 N–H and O–H groups in total. The topological polar surface area (TPSA) is 122 Å². The molecule has 2 aromatic carbocycles. The predicted molar refractivity (Wildman–Crippen MR) is 122 cm³/mol. The molecule has 0 radical (unpaired) electrons. The van der Waals surface area contributed by atoms with Gasteiger partial charge >= 0.3 is 5.97 Å². The summed E-state index contributed by atoms with van der Waals surface area (Å²) in [6.45, 7) is 1.14. The van der Waals surface area contributed by atoms with Gasteiger partial charge in [0.15, 0.2) is 18.1 Å². The number of halogens is 1. The highest BCUT2D eigenvalue weighted by Crippen LogP contribution is 2.40. The molecule has 0 aliphatic heterocycles. The summed E-state index contributed by atoms with van der Waals surface area (Å²) in [4.78, 5) is 24.0. The molecule has 0 bridgehead atoms. The molecular formula is C23H24ClN3O7. The standard InChI is InChI=1S/C23H24ClN3O7/c1-13(28)25-17(14-5-7-16(24)8-6-14)11-21(29)33-12-20-26-27-23(34-20)15-9-18(30-2)22(32-4)19(10-15)31-3/h5-10,17H,11-12H2,1-4H3,(H,25,28). The Morgan fingerprint density at radius 2 is 1.68 bits per heavy atom. The molecule has 1 heterocycles. The van der Waals surface area contributed by atoms with Crippen LogP contribution in [0.25, 0.3) is 11.5 Å². The van der Waals surface area contributed by atoms with Crippen molar-refractivity contribution in [3.8, 4) is 28.7 Å². The fourth-order valence-electron chi connectivity index (χ4n) is 3.19. The quantitative estimate of drug-likeness (QED) is 0.424. The normalized spacial score (nSPS) is 11.4. The van der Waals surface area contributed by atoms with E-state index in [1.807, 2.05) is 0 Å². The van der Waals surface area contributed by atoms with E-state index in [-0.39, 0.29) is 30.7 Å². The van der Waals surface area contributed by atoms with E-state index in [0.717, 1.165) is 5.56 Å². The predicted octanol–water partition coefficient (Wildman–Crippen LogP) is 3.73. The summed E-state index contributed by atoms with van der Waals surface area (Å²) < 4.78 is 26.9. The first-order valence-electron chi connectivity index (χ1n) is 10.2. The van der Waals surface area contributed by atoms with Gasteiger partial charge in [-0.1, -0.05) is 23.7 Å². The van der Waals surface area contributed by atoms with Crippen LogP contribution in [0.1, 0.15) is 30.8 Å². The fraction of sp³-hybridized carbons (Fsp3) is 0.304. The van der Waals surface area contributed by atoms with Crippen LogP contribution >= 0.6 is 11.6 Å². The van der Waals surface area contributed by atoms with E-state index in [1.165, 1.54) is 28.3 Å². The molecule has 11 heteroatoms. The third-order valence-corrected chi connectivity index (χ3v) is 5.01. The zero-order chi connectivity index (χ0) is 24.7. The number of benzene rings is 2. The van der Waals surface area contributed by atoms with Gasteiger partial charge in [-0.15, -0.1) is 10.2 Å². The minimum Gasteiger partial charge on any atom is -0.493 e. The summed E-state index contributed by atoms with van der Waals surface area (Å²) in [5.41, 5.74) is 1.26. The molecule has 1 atom stereocenters. The zero-order valence-corrected chi connectivity index (χ0v) is 19.8. The van der Waals surface area contributed by atoms with Crippen LogP contribution in [0.5, 0.6) is 17.2 Å². The maximum atomic E-state index is 12.4. The first-order valence-corrected chi connectivity index (χ1v) is 10.5. The highest BCUT2D eigenvalue weighted by molar-refractivity contribution is 6.30. The number of ether oxygens (including phenoxy) is 4. The minimum atomic E-state index is -0.570. The number of rotatable bonds is 10. The van der Waals surface area contributed by atoms with Crippen LogP contribution in [0.15, 0.2) is 40.8 Å². The lowest BCUT2D eigenvalue weighted by atomic mass is 10.0. The Morgan fingerprint density at radius 3 is 2.24 bits per heavy atom. The highest BCUT2D eigenvalue weighted by atomic mass is 35.5. The number of aromatic nitrogens is 2. The Kier molecular flexibility index (Phi) is 8.31. The van der Waals surface area contributed by atoms with Gasteiger partial charge in [-0.2, -0.15) is 0 Å². The molecule has 0 aliphatic carbocycles. The van der Waals surface area contributed by atoms with Crippen molar-refractivity contribution in [1.29, 1.82) is 0 Å². The molecule has 180 valence electrons. The van der Waals surface area contributed by atoms with E-state index >= 15 is 0 Å². The summed E-state index contributed by atoms with van der Waals surface area (Å²) in [6, 6.07) is 9.58. The molecule has 1 aromatic heterocycles. The van der Waals surface area contributed by atoms with Crippen molar-refractivity contribution in [2.75, 3.05) is 21.3 Å². The fourth-order valence-corrected chi connectivity index (χ4v) is 3.32. The van der Waals surface area contributed by atoms with E-state index in [2.05, 4.69) is 15.5 Å². The minimum absolute atomic E-state index is 0.0882. The van der Waals surface area contributed by atoms with Crippen LogP contribution in [-0.4, -0.2) is 43.4 Å². The average Bonchev–Trinajstić information content (AvgIpc) is 3.30. The van der Waals surface area contributed by atoms with Gasteiger partial charge in [0.2, 0.25) is 17.5 Å². The third-order valence-electron chi connectivity index (χ3n) is 4.76. The molecular weight excluding hydrogens is 466 g/mol. The number of nitrogens with zero attached hydrogens (tertiary/aromatic N) is 2. The summed E-state index contributed by atoms with van der Waals surface area (Å²) in [5.74, 6) is 0.725. The molecule has 0 aliphatic rings. The van der Waals surface area contributed by atoms with E-state index in [1.54, 1.807) is 36.4 Å². The summed E-state index contributed by atoms with van der Waals surface area (Å²) in [6.07, 6.45) is -0.0882. The van der Waals surface area contributed by atoms with E-state index in [4.69, 9.17) is 35.0 Å². The molecule has 0 fully saturated rings. The van der Waals surface area contributed by atoms with Gasteiger partial charge in [0, 0.05) is 17.5 Å². The molecule has 3 rings (SSSR count). The molecule has 0 saturated carbocycles. The highest BCUT2D eigenvalue weighted by Gasteiger charge is 2.20.